The molecule has 1 aromatic rings. The molecule has 2 heteroatoms. The summed E-state index contributed by atoms with van der Waals surface area (Å²) in [6.45, 7) is 3.46. The molecule has 1 aromatic heterocycles. The van der Waals surface area contributed by atoms with E-state index in [-0.39, 0.29) is 0 Å². The number of nitrogens with one attached hydrogen (secondary N) is 1. The first-order valence-electron chi connectivity index (χ1n) is 7.70. The molecule has 0 aromatic carbocycles. The lowest BCUT2D eigenvalue weighted by atomic mass is 9.83. The van der Waals surface area contributed by atoms with Gasteiger partial charge in [0.25, 0.3) is 0 Å². The number of hydrogen-bond donors (Lipinski definition) is 1. The summed E-state index contributed by atoms with van der Waals surface area (Å²) in [6.07, 6.45) is 11.1. The van der Waals surface area contributed by atoms with Gasteiger partial charge in [-0.2, -0.15) is 0 Å². The number of aryl methyl sites for hydroxylation is 2. The molecule has 0 amide bonds. The molecule has 2 atom stereocenters. The lowest BCUT2D eigenvalue weighted by Gasteiger charge is -2.31. The van der Waals surface area contributed by atoms with Crippen molar-refractivity contribution in [3.05, 3.63) is 21.4 Å². The monoisotopic (exact) mass is 263 g/mol. The minimum Gasteiger partial charge on any atom is -0.309 e. The van der Waals surface area contributed by atoms with E-state index in [2.05, 4.69) is 29.6 Å². The van der Waals surface area contributed by atoms with Gasteiger partial charge in [0.05, 0.1) is 0 Å². The Hall–Kier alpha value is -0.340. The van der Waals surface area contributed by atoms with E-state index < -0.39 is 0 Å². The minimum atomic E-state index is 0.778. The first kappa shape index (κ1) is 12.7. The average Bonchev–Trinajstić information content (AvgIpc) is 2.97. The summed E-state index contributed by atoms with van der Waals surface area (Å²) in [5.41, 5.74) is 1.65. The van der Waals surface area contributed by atoms with Crippen LogP contribution in [0.5, 0.6) is 0 Å². The minimum absolute atomic E-state index is 0.778. The zero-order valence-electron chi connectivity index (χ0n) is 11.5. The van der Waals surface area contributed by atoms with Gasteiger partial charge in [0.1, 0.15) is 0 Å². The predicted octanol–water partition coefficient (Wildman–Crippen LogP) is 4.30. The van der Waals surface area contributed by atoms with Crippen LogP contribution >= 0.6 is 11.3 Å². The smallest absolute Gasteiger partial charge is 0.0302 e. The normalized spacial score (nSPS) is 27.4. The molecule has 2 aliphatic carbocycles. The molecule has 1 saturated carbocycles. The second-order valence-electron chi connectivity index (χ2n) is 5.95. The molecule has 3 rings (SSSR count). The highest BCUT2D eigenvalue weighted by molar-refractivity contribution is 7.12. The third-order valence-electron chi connectivity index (χ3n) is 4.77. The topological polar surface area (TPSA) is 12.0 Å². The molecule has 0 aliphatic heterocycles. The Morgan fingerprint density at radius 3 is 2.94 bits per heavy atom. The van der Waals surface area contributed by atoms with Gasteiger partial charge < -0.3 is 5.32 Å². The fraction of sp³-hybridized carbons (Fsp3) is 0.750. The molecule has 1 nitrogen and oxygen atoms in total. The van der Waals surface area contributed by atoms with Crippen molar-refractivity contribution in [2.24, 2.45) is 5.92 Å². The standard InChI is InChI=1S/C16H25NS/c1-2-12-6-3-4-8-15(12)17-11-14-10-13-7-5-9-16(13)18-14/h10,12,15,17H,2-9,11H2,1H3. The Kier molecular flexibility index (Phi) is 4.05. The van der Waals surface area contributed by atoms with Crippen LogP contribution in [0.4, 0.5) is 0 Å². The highest BCUT2D eigenvalue weighted by atomic mass is 32.1. The molecule has 18 heavy (non-hydrogen) atoms. The van der Waals surface area contributed by atoms with Gasteiger partial charge in [0.15, 0.2) is 0 Å². The first-order valence-corrected chi connectivity index (χ1v) is 8.52. The van der Waals surface area contributed by atoms with E-state index in [4.69, 9.17) is 0 Å². The molecule has 0 radical (unpaired) electrons. The van der Waals surface area contributed by atoms with E-state index in [0.717, 1.165) is 18.5 Å². The highest BCUT2D eigenvalue weighted by Gasteiger charge is 2.23. The number of hydrogen-bond acceptors (Lipinski definition) is 2. The fourth-order valence-electron chi connectivity index (χ4n) is 3.67. The molecule has 0 saturated heterocycles. The maximum Gasteiger partial charge on any atom is 0.0302 e. The summed E-state index contributed by atoms with van der Waals surface area (Å²) >= 11 is 2.06. The quantitative estimate of drug-likeness (QED) is 0.854. The van der Waals surface area contributed by atoms with Gasteiger partial charge in [-0.1, -0.05) is 26.2 Å². The van der Waals surface area contributed by atoms with Gasteiger partial charge >= 0.3 is 0 Å². The van der Waals surface area contributed by atoms with Crippen LogP contribution in [0.15, 0.2) is 6.07 Å². The third kappa shape index (κ3) is 2.65. The van der Waals surface area contributed by atoms with Crippen LogP contribution < -0.4 is 5.32 Å². The zero-order chi connectivity index (χ0) is 12.4. The average molecular weight is 263 g/mol. The number of rotatable bonds is 4. The summed E-state index contributed by atoms with van der Waals surface area (Å²) in [4.78, 5) is 3.24. The van der Waals surface area contributed by atoms with E-state index in [1.165, 1.54) is 51.4 Å². The van der Waals surface area contributed by atoms with E-state index in [0.29, 0.717) is 0 Å². The Morgan fingerprint density at radius 1 is 1.22 bits per heavy atom. The van der Waals surface area contributed by atoms with Gasteiger partial charge in [-0.15, -0.1) is 11.3 Å². The largest absolute Gasteiger partial charge is 0.309 e. The molecule has 0 bridgehead atoms. The van der Waals surface area contributed by atoms with Crippen LogP contribution in [0.25, 0.3) is 0 Å². The van der Waals surface area contributed by atoms with Crippen LogP contribution in [-0.2, 0) is 19.4 Å². The van der Waals surface area contributed by atoms with Gasteiger partial charge in [0, 0.05) is 22.3 Å². The maximum absolute atomic E-state index is 3.84. The Labute approximate surface area is 115 Å². The summed E-state index contributed by atoms with van der Waals surface area (Å²) in [6, 6.07) is 3.24. The molecule has 2 aliphatic rings. The first-order chi connectivity index (χ1) is 8.86. The van der Waals surface area contributed by atoms with Crippen molar-refractivity contribution in [1.82, 2.24) is 5.32 Å². The van der Waals surface area contributed by atoms with E-state index >= 15 is 0 Å². The van der Waals surface area contributed by atoms with Crippen molar-refractivity contribution >= 4 is 11.3 Å². The molecule has 0 spiro atoms. The van der Waals surface area contributed by atoms with Crippen LogP contribution in [0.3, 0.4) is 0 Å². The number of fused-ring (bicyclic) bond motifs is 1. The third-order valence-corrected chi connectivity index (χ3v) is 6.01. The SMILES string of the molecule is CCC1CCCCC1NCc1cc2c(s1)CCC2. The van der Waals surface area contributed by atoms with Crippen LogP contribution in [-0.4, -0.2) is 6.04 Å². The van der Waals surface area contributed by atoms with Crippen molar-refractivity contribution in [3.63, 3.8) is 0 Å². The molecule has 1 fully saturated rings. The van der Waals surface area contributed by atoms with Crippen LogP contribution in [0, 0.1) is 5.92 Å². The lowest BCUT2D eigenvalue weighted by molar-refractivity contribution is 0.255. The van der Waals surface area contributed by atoms with Crippen molar-refractivity contribution in [1.29, 1.82) is 0 Å². The summed E-state index contributed by atoms with van der Waals surface area (Å²) in [5.74, 6) is 0.922. The van der Waals surface area contributed by atoms with E-state index in [9.17, 15) is 0 Å². The fourth-order valence-corrected chi connectivity index (χ4v) is 4.89. The Bertz CT molecular complexity index is 374. The highest BCUT2D eigenvalue weighted by Crippen LogP contribution is 2.31. The number of thiophene rings is 1. The Balaban J connectivity index is 1.56. The van der Waals surface area contributed by atoms with Crippen LogP contribution in [0.2, 0.25) is 0 Å². The molecule has 2 unspecified atom stereocenters. The van der Waals surface area contributed by atoms with Crippen molar-refractivity contribution in [2.45, 2.75) is 70.9 Å². The van der Waals surface area contributed by atoms with Crippen molar-refractivity contribution < 1.29 is 0 Å². The van der Waals surface area contributed by atoms with E-state index in [1.807, 2.05) is 0 Å². The van der Waals surface area contributed by atoms with Crippen LogP contribution in [0.1, 0.15) is 60.8 Å². The summed E-state index contributed by atoms with van der Waals surface area (Å²) in [5, 5.41) is 3.84. The molecular weight excluding hydrogens is 238 g/mol. The lowest BCUT2D eigenvalue weighted by Crippen LogP contribution is -2.37. The summed E-state index contributed by atoms with van der Waals surface area (Å²) in [7, 11) is 0. The summed E-state index contributed by atoms with van der Waals surface area (Å²) < 4.78 is 0. The second kappa shape index (κ2) is 5.75. The maximum atomic E-state index is 3.84. The predicted molar refractivity (Wildman–Crippen MR) is 79.2 cm³/mol. The van der Waals surface area contributed by atoms with Crippen molar-refractivity contribution in [3.8, 4) is 0 Å². The Morgan fingerprint density at radius 2 is 2.11 bits per heavy atom. The molecular formula is C16H25NS. The molecule has 1 N–H and O–H groups in total. The molecule has 1 heterocycles. The van der Waals surface area contributed by atoms with E-state index in [1.54, 1.807) is 15.3 Å². The van der Waals surface area contributed by atoms with Gasteiger partial charge in [-0.05, 0) is 49.7 Å². The zero-order valence-corrected chi connectivity index (χ0v) is 12.3. The van der Waals surface area contributed by atoms with Gasteiger partial charge in [-0.3, -0.25) is 0 Å². The molecule has 100 valence electrons. The van der Waals surface area contributed by atoms with Gasteiger partial charge in [0.2, 0.25) is 0 Å². The van der Waals surface area contributed by atoms with Gasteiger partial charge in [-0.25, -0.2) is 0 Å². The van der Waals surface area contributed by atoms with Crippen molar-refractivity contribution in [2.75, 3.05) is 0 Å². The second-order valence-corrected chi connectivity index (χ2v) is 7.18.